The second kappa shape index (κ2) is 5.43. The topological polar surface area (TPSA) is 35.5 Å². The van der Waals surface area contributed by atoms with Crippen molar-refractivity contribution in [2.24, 2.45) is 29.6 Å². The van der Waals surface area contributed by atoms with E-state index in [9.17, 15) is 4.79 Å². The number of esters is 1. The zero-order valence-electron chi connectivity index (χ0n) is 12.1. The smallest absolute Gasteiger partial charge is 0.311 e. The highest BCUT2D eigenvalue weighted by atomic mass is 16.7. The molecular formula is C16H26O3. The standard InChI is InChI=1S/C16H26O3/c1-3-18-10(2)19-16(17)15-9-11-8-14(15)13-7-5-4-6-12(11)13/h10-15H,3-9H2,1-2H3. The third kappa shape index (κ3) is 2.42. The van der Waals surface area contributed by atoms with Crippen LogP contribution in [0.2, 0.25) is 0 Å². The van der Waals surface area contributed by atoms with Crippen LogP contribution in [0.15, 0.2) is 0 Å². The molecule has 0 N–H and O–H groups in total. The van der Waals surface area contributed by atoms with Crippen LogP contribution in [0.1, 0.15) is 52.4 Å². The van der Waals surface area contributed by atoms with Crippen LogP contribution in [0.5, 0.6) is 0 Å². The van der Waals surface area contributed by atoms with Gasteiger partial charge < -0.3 is 9.47 Å². The molecule has 0 aromatic rings. The molecule has 3 heteroatoms. The summed E-state index contributed by atoms with van der Waals surface area (Å²) in [7, 11) is 0. The molecule has 0 aromatic carbocycles. The summed E-state index contributed by atoms with van der Waals surface area (Å²) in [6.07, 6.45) is 7.47. The van der Waals surface area contributed by atoms with E-state index in [1.54, 1.807) is 0 Å². The largest absolute Gasteiger partial charge is 0.436 e. The summed E-state index contributed by atoms with van der Waals surface area (Å²) in [5.74, 6) is 3.30. The molecule has 0 aromatic heterocycles. The molecule has 108 valence electrons. The summed E-state index contributed by atoms with van der Waals surface area (Å²) in [5, 5.41) is 0. The van der Waals surface area contributed by atoms with Crippen molar-refractivity contribution < 1.29 is 14.3 Å². The number of fused-ring (bicyclic) bond motifs is 5. The summed E-state index contributed by atoms with van der Waals surface area (Å²) in [4.78, 5) is 12.3. The Kier molecular flexibility index (Phi) is 3.84. The van der Waals surface area contributed by atoms with Gasteiger partial charge in [0.2, 0.25) is 0 Å². The van der Waals surface area contributed by atoms with Gasteiger partial charge in [-0.15, -0.1) is 0 Å². The van der Waals surface area contributed by atoms with Crippen LogP contribution in [-0.2, 0) is 14.3 Å². The van der Waals surface area contributed by atoms with Crippen LogP contribution in [0.4, 0.5) is 0 Å². The van der Waals surface area contributed by atoms with Gasteiger partial charge in [-0.1, -0.05) is 12.8 Å². The predicted octanol–water partition coefficient (Wildman–Crippen LogP) is 3.37. The van der Waals surface area contributed by atoms with Gasteiger partial charge in [0, 0.05) is 6.61 Å². The SMILES string of the molecule is CCOC(C)OC(=O)C1CC2CC1C1CCCCC21. The maximum atomic E-state index is 12.3. The van der Waals surface area contributed by atoms with Crippen molar-refractivity contribution in [3.63, 3.8) is 0 Å². The molecule has 3 rings (SSSR count). The molecule has 3 nitrogen and oxygen atoms in total. The average Bonchev–Trinajstić information content (AvgIpc) is 2.98. The first-order valence-corrected chi connectivity index (χ1v) is 8.02. The van der Waals surface area contributed by atoms with Crippen molar-refractivity contribution in [3.05, 3.63) is 0 Å². The van der Waals surface area contributed by atoms with E-state index in [0.29, 0.717) is 12.5 Å². The van der Waals surface area contributed by atoms with Crippen molar-refractivity contribution in [1.82, 2.24) is 0 Å². The Labute approximate surface area is 116 Å². The van der Waals surface area contributed by atoms with E-state index in [4.69, 9.17) is 9.47 Å². The van der Waals surface area contributed by atoms with Crippen LogP contribution >= 0.6 is 0 Å². The molecule has 6 atom stereocenters. The molecular weight excluding hydrogens is 240 g/mol. The highest BCUT2D eigenvalue weighted by Crippen LogP contribution is 2.59. The second-order valence-corrected chi connectivity index (χ2v) is 6.57. The van der Waals surface area contributed by atoms with E-state index in [1.807, 2.05) is 13.8 Å². The maximum absolute atomic E-state index is 12.3. The molecule has 3 fully saturated rings. The van der Waals surface area contributed by atoms with Crippen molar-refractivity contribution in [3.8, 4) is 0 Å². The van der Waals surface area contributed by atoms with Gasteiger partial charge in [0.15, 0.2) is 6.29 Å². The Morgan fingerprint density at radius 1 is 1.16 bits per heavy atom. The van der Waals surface area contributed by atoms with Gasteiger partial charge in [-0.25, -0.2) is 0 Å². The molecule has 0 aliphatic heterocycles. The van der Waals surface area contributed by atoms with Gasteiger partial charge in [0.05, 0.1) is 5.92 Å². The first kappa shape index (κ1) is 13.4. The van der Waals surface area contributed by atoms with Crippen molar-refractivity contribution in [1.29, 1.82) is 0 Å². The van der Waals surface area contributed by atoms with Crippen molar-refractivity contribution in [2.75, 3.05) is 6.61 Å². The number of carbonyl (C=O) groups excluding carboxylic acids is 1. The lowest BCUT2D eigenvalue weighted by atomic mass is 9.67. The fourth-order valence-electron chi connectivity index (χ4n) is 5.03. The van der Waals surface area contributed by atoms with E-state index in [2.05, 4.69) is 0 Å². The number of hydrogen-bond acceptors (Lipinski definition) is 3. The minimum absolute atomic E-state index is 0.00234. The highest BCUT2D eigenvalue weighted by Gasteiger charge is 2.55. The average molecular weight is 266 g/mol. The van der Waals surface area contributed by atoms with Crippen LogP contribution in [-0.4, -0.2) is 18.9 Å². The summed E-state index contributed by atoms with van der Waals surface area (Å²) in [5.41, 5.74) is 0. The Hall–Kier alpha value is -0.570. The fraction of sp³-hybridized carbons (Fsp3) is 0.938. The van der Waals surface area contributed by atoms with Gasteiger partial charge in [0.1, 0.15) is 0 Å². The number of rotatable bonds is 4. The van der Waals surface area contributed by atoms with Crippen LogP contribution in [0, 0.1) is 29.6 Å². The van der Waals surface area contributed by atoms with E-state index >= 15 is 0 Å². The minimum atomic E-state index is -0.390. The van der Waals surface area contributed by atoms with E-state index in [-0.39, 0.29) is 11.9 Å². The van der Waals surface area contributed by atoms with Crippen LogP contribution in [0.3, 0.4) is 0 Å². The Morgan fingerprint density at radius 2 is 1.89 bits per heavy atom. The monoisotopic (exact) mass is 266 g/mol. The van der Waals surface area contributed by atoms with Gasteiger partial charge >= 0.3 is 5.97 Å². The van der Waals surface area contributed by atoms with E-state index < -0.39 is 6.29 Å². The summed E-state index contributed by atoms with van der Waals surface area (Å²) >= 11 is 0. The third-order valence-corrected chi connectivity index (χ3v) is 5.66. The van der Waals surface area contributed by atoms with Crippen molar-refractivity contribution in [2.45, 2.75) is 58.7 Å². The van der Waals surface area contributed by atoms with Gasteiger partial charge in [-0.05, 0) is 63.2 Å². The Morgan fingerprint density at radius 3 is 2.63 bits per heavy atom. The normalized spacial score (nSPS) is 41.9. The third-order valence-electron chi connectivity index (χ3n) is 5.66. The van der Waals surface area contributed by atoms with Crippen LogP contribution in [0.25, 0.3) is 0 Å². The lowest BCUT2D eigenvalue weighted by molar-refractivity contribution is -0.181. The highest BCUT2D eigenvalue weighted by molar-refractivity contribution is 5.73. The lowest BCUT2D eigenvalue weighted by Crippen LogP contribution is -2.36. The molecule has 3 aliphatic carbocycles. The molecule has 0 heterocycles. The zero-order chi connectivity index (χ0) is 13.4. The number of carbonyl (C=O) groups is 1. The molecule has 6 unspecified atom stereocenters. The quantitative estimate of drug-likeness (QED) is 0.578. The van der Waals surface area contributed by atoms with E-state index in [1.165, 1.54) is 32.1 Å². The maximum Gasteiger partial charge on any atom is 0.311 e. The minimum Gasteiger partial charge on any atom is -0.436 e. The molecule has 2 bridgehead atoms. The van der Waals surface area contributed by atoms with E-state index in [0.717, 1.165) is 24.2 Å². The van der Waals surface area contributed by atoms with Gasteiger partial charge in [-0.3, -0.25) is 4.79 Å². The fourth-order valence-corrected chi connectivity index (χ4v) is 5.03. The molecule has 3 saturated carbocycles. The first-order valence-electron chi connectivity index (χ1n) is 8.02. The lowest BCUT2D eigenvalue weighted by Gasteiger charge is -2.38. The molecule has 0 amide bonds. The van der Waals surface area contributed by atoms with Crippen LogP contribution < -0.4 is 0 Å². The summed E-state index contributed by atoms with van der Waals surface area (Å²) < 4.78 is 10.8. The predicted molar refractivity (Wildman–Crippen MR) is 72.3 cm³/mol. The van der Waals surface area contributed by atoms with Gasteiger partial charge in [0.25, 0.3) is 0 Å². The Balaban J connectivity index is 1.60. The number of hydrogen-bond donors (Lipinski definition) is 0. The molecule has 0 radical (unpaired) electrons. The van der Waals surface area contributed by atoms with Crippen molar-refractivity contribution >= 4 is 5.97 Å². The Bertz CT molecular complexity index is 341. The molecule has 0 saturated heterocycles. The molecule has 3 aliphatic rings. The first-order chi connectivity index (χ1) is 9.20. The summed E-state index contributed by atoms with van der Waals surface area (Å²) in [6, 6.07) is 0. The van der Waals surface area contributed by atoms with Gasteiger partial charge in [-0.2, -0.15) is 0 Å². The molecule has 0 spiro atoms. The second-order valence-electron chi connectivity index (χ2n) is 6.57. The molecule has 19 heavy (non-hydrogen) atoms. The zero-order valence-corrected chi connectivity index (χ0v) is 12.1. The number of ether oxygens (including phenoxy) is 2. The summed E-state index contributed by atoms with van der Waals surface area (Å²) in [6.45, 7) is 4.34.